The van der Waals surface area contributed by atoms with E-state index >= 15 is 0 Å². The molecule has 1 N–H and O–H groups in total. The van der Waals surface area contributed by atoms with Crippen molar-refractivity contribution in [3.05, 3.63) is 47.5 Å². The van der Waals surface area contributed by atoms with Gasteiger partial charge in [-0.2, -0.15) is 5.10 Å². The minimum absolute atomic E-state index is 0.0590. The van der Waals surface area contributed by atoms with E-state index in [0.717, 1.165) is 12.8 Å². The fourth-order valence-electron chi connectivity index (χ4n) is 3.39. The van der Waals surface area contributed by atoms with E-state index in [2.05, 4.69) is 5.10 Å². The van der Waals surface area contributed by atoms with Gasteiger partial charge in [-0.05, 0) is 44.0 Å². The summed E-state index contributed by atoms with van der Waals surface area (Å²) in [7, 11) is 0. The maximum Gasteiger partial charge on any atom is 0.257 e. The molecule has 5 nitrogen and oxygen atoms in total. The van der Waals surface area contributed by atoms with E-state index in [0.29, 0.717) is 30.0 Å². The number of aromatic nitrogens is 2. The van der Waals surface area contributed by atoms with Crippen LogP contribution in [0.4, 0.5) is 4.39 Å². The largest absolute Gasteiger partial charge is 0.391 e. The Labute approximate surface area is 133 Å². The summed E-state index contributed by atoms with van der Waals surface area (Å²) in [4.78, 5) is 14.4. The van der Waals surface area contributed by atoms with Crippen LogP contribution in [0.5, 0.6) is 0 Å². The molecule has 2 fully saturated rings. The third-order valence-corrected chi connectivity index (χ3v) is 5.10. The van der Waals surface area contributed by atoms with Gasteiger partial charge in [0.2, 0.25) is 0 Å². The van der Waals surface area contributed by atoms with Gasteiger partial charge in [0.1, 0.15) is 5.82 Å². The Morgan fingerprint density at radius 2 is 2.04 bits per heavy atom. The number of benzene rings is 1. The van der Waals surface area contributed by atoms with E-state index in [9.17, 15) is 14.3 Å². The monoisotopic (exact) mass is 315 g/mol. The summed E-state index contributed by atoms with van der Waals surface area (Å²) in [5.41, 5.74) is 1.89. The van der Waals surface area contributed by atoms with E-state index in [4.69, 9.17) is 0 Å². The summed E-state index contributed by atoms with van der Waals surface area (Å²) >= 11 is 0. The van der Waals surface area contributed by atoms with Crippen LogP contribution in [0.2, 0.25) is 0 Å². The van der Waals surface area contributed by atoms with E-state index in [-0.39, 0.29) is 17.1 Å². The summed E-state index contributed by atoms with van der Waals surface area (Å²) in [6, 6.07) is 5.99. The summed E-state index contributed by atoms with van der Waals surface area (Å²) in [6.45, 7) is 2.83. The zero-order valence-corrected chi connectivity index (χ0v) is 12.9. The third kappa shape index (κ3) is 2.25. The summed E-state index contributed by atoms with van der Waals surface area (Å²) < 4.78 is 14.7. The van der Waals surface area contributed by atoms with Crippen molar-refractivity contribution in [3.8, 4) is 5.69 Å². The standard InChI is InChI=1S/C17H18FN3O2/c1-11-14(8-19-21(11)13-4-2-12(18)3-5-13)16(23)20-9-15(22)17(10-20)6-7-17/h2-5,8,15,22H,6-7,9-10H2,1H3. The Kier molecular flexibility index (Phi) is 3.06. The fourth-order valence-corrected chi connectivity index (χ4v) is 3.39. The molecule has 2 aliphatic rings. The van der Waals surface area contributed by atoms with Crippen molar-refractivity contribution in [2.75, 3.05) is 13.1 Å². The summed E-state index contributed by atoms with van der Waals surface area (Å²) in [5, 5.41) is 14.4. The lowest BCUT2D eigenvalue weighted by Gasteiger charge is -2.15. The zero-order chi connectivity index (χ0) is 16.2. The normalized spacial score (nSPS) is 21.9. The summed E-state index contributed by atoms with van der Waals surface area (Å²) in [6.07, 6.45) is 3.11. The first kappa shape index (κ1) is 14.4. The maximum atomic E-state index is 13.0. The van der Waals surface area contributed by atoms with Crippen LogP contribution in [0.15, 0.2) is 30.5 Å². The molecule has 1 saturated heterocycles. The smallest absolute Gasteiger partial charge is 0.257 e. The van der Waals surface area contributed by atoms with Crippen LogP contribution < -0.4 is 0 Å². The predicted molar refractivity (Wildman–Crippen MR) is 81.8 cm³/mol. The molecule has 1 unspecified atom stereocenters. The van der Waals surface area contributed by atoms with Gasteiger partial charge in [-0.25, -0.2) is 9.07 Å². The van der Waals surface area contributed by atoms with E-state index < -0.39 is 6.10 Å². The highest BCUT2D eigenvalue weighted by molar-refractivity contribution is 5.95. The molecule has 0 bridgehead atoms. The lowest BCUT2D eigenvalue weighted by atomic mass is 10.0. The molecule has 1 saturated carbocycles. The fraction of sp³-hybridized carbons (Fsp3) is 0.412. The van der Waals surface area contributed by atoms with Crippen LogP contribution in [0.1, 0.15) is 28.9 Å². The van der Waals surface area contributed by atoms with Crippen LogP contribution in [0.25, 0.3) is 5.69 Å². The molecule has 23 heavy (non-hydrogen) atoms. The minimum Gasteiger partial charge on any atom is -0.391 e. The number of nitrogens with zero attached hydrogens (tertiary/aromatic N) is 3. The van der Waals surface area contributed by atoms with Crippen molar-refractivity contribution < 1.29 is 14.3 Å². The van der Waals surface area contributed by atoms with Crippen LogP contribution in [0.3, 0.4) is 0 Å². The van der Waals surface area contributed by atoms with Crippen molar-refractivity contribution in [1.29, 1.82) is 0 Å². The second-order valence-corrected chi connectivity index (χ2v) is 6.60. The van der Waals surface area contributed by atoms with E-state index in [1.807, 2.05) is 6.92 Å². The molecule has 1 atom stereocenters. The Morgan fingerprint density at radius 1 is 1.35 bits per heavy atom. The number of likely N-dealkylation sites (tertiary alicyclic amines) is 1. The Morgan fingerprint density at radius 3 is 2.65 bits per heavy atom. The number of hydrogen-bond acceptors (Lipinski definition) is 3. The number of β-amino-alcohol motifs (C(OH)–C–C–N with tert-alkyl or cyclic N) is 1. The highest BCUT2D eigenvalue weighted by Crippen LogP contribution is 2.52. The quantitative estimate of drug-likeness (QED) is 0.921. The molecule has 0 radical (unpaired) electrons. The third-order valence-electron chi connectivity index (χ3n) is 5.10. The number of carbonyl (C=O) groups is 1. The number of amides is 1. The van der Waals surface area contributed by atoms with Crippen LogP contribution >= 0.6 is 0 Å². The zero-order valence-electron chi connectivity index (χ0n) is 12.9. The first-order valence-corrected chi connectivity index (χ1v) is 7.78. The number of aliphatic hydroxyl groups is 1. The second-order valence-electron chi connectivity index (χ2n) is 6.60. The molecule has 1 aromatic carbocycles. The first-order chi connectivity index (χ1) is 11.0. The van der Waals surface area contributed by atoms with Crippen molar-refractivity contribution in [2.24, 2.45) is 5.41 Å². The maximum absolute atomic E-state index is 13.0. The van der Waals surface area contributed by atoms with Gasteiger partial charge in [0.05, 0.1) is 29.2 Å². The van der Waals surface area contributed by atoms with Crippen molar-refractivity contribution >= 4 is 5.91 Å². The Bertz CT molecular complexity index is 765. The highest BCUT2D eigenvalue weighted by Gasteiger charge is 2.55. The molecule has 1 aromatic heterocycles. The molecule has 1 aliphatic heterocycles. The van der Waals surface area contributed by atoms with Gasteiger partial charge in [0, 0.05) is 18.5 Å². The molecule has 1 spiro atoms. The number of carbonyl (C=O) groups excluding carboxylic acids is 1. The number of rotatable bonds is 2. The Balaban J connectivity index is 1.60. The van der Waals surface area contributed by atoms with Crippen LogP contribution in [0, 0.1) is 18.2 Å². The number of halogens is 1. The molecule has 120 valence electrons. The van der Waals surface area contributed by atoms with Crippen LogP contribution in [-0.2, 0) is 0 Å². The topological polar surface area (TPSA) is 58.4 Å². The first-order valence-electron chi connectivity index (χ1n) is 7.78. The van der Waals surface area contributed by atoms with Crippen molar-refractivity contribution in [3.63, 3.8) is 0 Å². The van der Waals surface area contributed by atoms with E-state index in [1.54, 1.807) is 27.9 Å². The van der Waals surface area contributed by atoms with Gasteiger partial charge in [0.15, 0.2) is 0 Å². The number of aliphatic hydroxyl groups excluding tert-OH is 1. The van der Waals surface area contributed by atoms with Gasteiger partial charge < -0.3 is 10.0 Å². The highest BCUT2D eigenvalue weighted by atomic mass is 19.1. The predicted octanol–water partition coefficient (Wildman–Crippen LogP) is 1.92. The van der Waals surface area contributed by atoms with Crippen LogP contribution in [-0.4, -0.2) is 44.9 Å². The molecule has 2 aromatic rings. The van der Waals surface area contributed by atoms with Gasteiger partial charge in [-0.15, -0.1) is 0 Å². The molecule has 4 rings (SSSR count). The SMILES string of the molecule is Cc1c(C(=O)N2CC(O)C3(CC3)C2)cnn1-c1ccc(F)cc1. The van der Waals surface area contributed by atoms with Crippen molar-refractivity contribution in [2.45, 2.75) is 25.9 Å². The van der Waals surface area contributed by atoms with Gasteiger partial charge in [-0.3, -0.25) is 4.79 Å². The number of hydrogen-bond donors (Lipinski definition) is 1. The molecule has 1 amide bonds. The minimum atomic E-state index is -0.418. The van der Waals surface area contributed by atoms with Gasteiger partial charge in [0.25, 0.3) is 5.91 Å². The second kappa shape index (κ2) is 4.89. The van der Waals surface area contributed by atoms with E-state index in [1.165, 1.54) is 12.1 Å². The summed E-state index contributed by atoms with van der Waals surface area (Å²) in [5.74, 6) is -0.408. The average Bonchev–Trinajstić information content (AvgIpc) is 3.11. The molecular formula is C17H18FN3O2. The average molecular weight is 315 g/mol. The molecule has 2 heterocycles. The lowest BCUT2D eigenvalue weighted by molar-refractivity contribution is 0.0763. The van der Waals surface area contributed by atoms with Gasteiger partial charge in [-0.1, -0.05) is 0 Å². The molecule has 1 aliphatic carbocycles. The Hall–Kier alpha value is -2.21. The lowest BCUT2D eigenvalue weighted by Crippen LogP contribution is -2.30. The molecular weight excluding hydrogens is 297 g/mol. The van der Waals surface area contributed by atoms with Crippen molar-refractivity contribution in [1.82, 2.24) is 14.7 Å². The van der Waals surface area contributed by atoms with Gasteiger partial charge >= 0.3 is 0 Å². The molecule has 6 heteroatoms.